The third-order valence-electron chi connectivity index (χ3n) is 4.98. The Morgan fingerprint density at radius 3 is 2.61 bits per heavy atom. The average molecular weight is 463 g/mol. The predicted octanol–water partition coefficient (Wildman–Crippen LogP) is 4.40. The van der Waals surface area contributed by atoms with Crippen LogP contribution >= 0.6 is 23.2 Å². The number of nitrogens with zero attached hydrogens (tertiary/aromatic N) is 3. The lowest BCUT2D eigenvalue weighted by atomic mass is 10.1. The lowest BCUT2D eigenvalue weighted by Crippen LogP contribution is -2.52. The first kappa shape index (κ1) is 23.0. The highest BCUT2D eigenvalue weighted by molar-refractivity contribution is 6.35. The predicted molar refractivity (Wildman–Crippen MR) is 122 cm³/mol. The van der Waals surface area contributed by atoms with Crippen LogP contribution in [0.5, 0.6) is 0 Å². The van der Waals surface area contributed by atoms with Crippen LogP contribution in [0.3, 0.4) is 0 Å². The number of piperazine rings is 1. The molecule has 1 N–H and O–H groups in total. The van der Waals surface area contributed by atoms with Crippen LogP contribution in [-0.4, -0.2) is 47.2 Å². The van der Waals surface area contributed by atoms with Crippen LogP contribution in [0.1, 0.15) is 43.0 Å². The normalized spacial score (nSPS) is 14.0. The number of pyridine rings is 1. The van der Waals surface area contributed by atoms with Crippen molar-refractivity contribution in [1.82, 2.24) is 9.88 Å². The maximum absolute atomic E-state index is 12.8. The summed E-state index contributed by atoms with van der Waals surface area (Å²) < 4.78 is 0. The Balaban J connectivity index is 1.59. The summed E-state index contributed by atoms with van der Waals surface area (Å²) in [6, 6.07) is 8.07. The van der Waals surface area contributed by atoms with Gasteiger partial charge >= 0.3 is 0 Å². The molecule has 2 heterocycles. The summed E-state index contributed by atoms with van der Waals surface area (Å²) in [7, 11) is 0. The molecule has 31 heavy (non-hydrogen) atoms. The number of nitrogens with one attached hydrogen (secondary N) is 1. The second-order valence-electron chi connectivity index (χ2n) is 7.31. The van der Waals surface area contributed by atoms with Crippen LogP contribution in [0.2, 0.25) is 10.0 Å². The zero-order valence-corrected chi connectivity index (χ0v) is 18.7. The third kappa shape index (κ3) is 5.95. The molecule has 3 amide bonds. The van der Waals surface area contributed by atoms with Crippen molar-refractivity contribution in [1.29, 1.82) is 0 Å². The molecule has 1 saturated heterocycles. The molecule has 1 aliphatic rings. The fourth-order valence-corrected chi connectivity index (χ4v) is 3.67. The molecule has 0 atom stereocenters. The number of hydrogen-bond acceptors (Lipinski definition) is 4. The van der Waals surface area contributed by atoms with E-state index in [1.54, 1.807) is 24.3 Å². The zero-order valence-electron chi connectivity index (χ0n) is 17.2. The number of anilines is 2. The maximum Gasteiger partial charge on any atom is 0.255 e. The van der Waals surface area contributed by atoms with Gasteiger partial charge in [-0.05, 0) is 36.8 Å². The Kier molecular flexibility index (Phi) is 7.87. The van der Waals surface area contributed by atoms with Crippen LogP contribution in [0, 0.1) is 0 Å². The van der Waals surface area contributed by atoms with Crippen molar-refractivity contribution in [3.8, 4) is 0 Å². The molecular weight excluding hydrogens is 439 g/mol. The van der Waals surface area contributed by atoms with Gasteiger partial charge in [-0.2, -0.15) is 0 Å². The number of carbonyl (C=O) groups is 3. The van der Waals surface area contributed by atoms with Gasteiger partial charge in [-0.3, -0.25) is 19.3 Å². The van der Waals surface area contributed by atoms with Crippen LogP contribution in [0.15, 0.2) is 36.5 Å². The summed E-state index contributed by atoms with van der Waals surface area (Å²) >= 11 is 12.1. The van der Waals surface area contributed by atoms with E-state index in [2.05, 4.69) is 17.2 Å². The van der Waals surface area contributed by atoms with E-state index in [1.165, 1.54) is 22.1 Å². The minimum Gasteiger partial charge on any atom is -0.327 e. The molecule has 3 rings (SSSR count). The molecule has 1 fully saturated rings. The Labute approximate surface area is 191 Å². The zero-order chi connectivity index (χ0) is 22.4. The van der Waals surface area contributed by atoms with Gasteiger partial charge in [-0.25, -0.2) is 4.98 Å². The van der Waals surface area contributed by atoms with Gasteiger partial charge < -0.3 is 10.2 Å². The summed E-state index contributed by atoms with van der Waals surface area (Å²) in [4.78, 5) is 44.6. The van der Waals surface area contributed by atoms with Gasteiger partial charge in [0, 0.05) is 24.5 Å². The van der Waals surface area contributed by atoms with Crippen molar-refractivity contribution < 1.29 is 14.4 Å². The van der Waals surface area contributed by atoms with Gasteiger partial charge in [-0.1, -0.05) is 43.0 Å². The maximum atomic E-state index is 12.8. The summed E-state index contributed by atoms with van der Waals surface area (Å²) in [5.74, 6) is -0.163. The van der Waals surface area contributed by atoms with Gasteiger partial charge in [0.1, 0.15) is 12.4 Å². The minimum atomic E-state index is -0.338. The summed E-state index contributed by atoms with van der Waals surface area (Å²) in [5, 5.41) is 3.50. The fraction of sp³-hybridized carbons (Fsp3) is 0.364. The molecule has 0 radical (unpaired) electrons. The molecule has 2 aromatic rings. The van der Waals surface area contributed by atoms with Gasteiger partial charge in [0.15, 0.2) is 0 Å². The van der Waals surface area contributed by atoms with Gasteiger partial charge in [0.05, 0.1) is 22.5 Å². The first-order valence-corrected chi connectivity index (χ1v) is 10.9. The van der Waals surface area contributed by atoms with E-state index in [0.717, 1.165) is 19.3 Å². The van der Waals surface area contributed by atoms with Crippen molar-refractivity contribution in [2.24, 2.45) is 0 Å². The molecule has 164 valence electrons. The second-order valence-corrected chi connectivity index (χ2v) is 8.15. The number of carbonyl (C=O) groups excluding carboxylic acids is 3. The van der Waals surface area contributed by atoms with Crippen molar-refractivity contribution in [2.75, 3.05) is 29.9 Å². The Hall–Kier alpha value is -2.64. The highest BCUT2D eigenvalue weighted by Gasteiger charge is 2.30. The number of unbranched alkanes of at least 4 members (excludes halogenated alkanes) is 2. The largest absolute Gasteiger partial charge is 0.327 e. The highest BCUT2D eigenvalue weighted by Crippen LogP contribution is 2.24. The number of benzene rings is 1. The van der Waals surface area contributed by atoms with Gasteiger partial charge in [-0.15, -0.1) is 0 Å². The van der Waals surface area contributed by atoms with Crippen molar-refractivity contribution in [3.05, 3.63) is 52.1 Å². The van der Waals surface area contributed by atoms with E-state index >= 15 is 0 Å². The molecular formula is C22H24Cl2N4O3. The summed E-state index contributed by atoms with van der Waals surface area (Å²) in [6.07, 6.45) is 4.93. The monoisotopic (exact) mass is 462 g/mol. The number of halogens is 2. The Morgan fingerprint density at radius 1 is 1.13 bits per heavy atom. The number of hydrogen-bond donors (Lipinski definition) is 1. The van der Waals surface area contributed by atoms with Crippen LogP contribution in [-0.2, 0) is 9.59 Å². The smallest absolute Gasteiger partial charge is 0.255 e. The molecule has 7 nitrogen and oxygen atoms in total. The molecule has 0 bridgehead atoms. The molecule has 0 saturated carbocycles. The van der Waals surface area contributed by atoms with Crippen molar-refractivity contribution in [3.63, 3.8) is 0 Å². The second kappa shape index (κ2) is 10.6. The van der Waals surface area contributed by atoms with Crippen LogP contribution in [0.25, 0.3) is 0 Å². The number of rotatable bonds is 7. The molecule has 9 heteroatoms. The Bertz CT molecular complexity index is 966. The molecule has 1 aliphatic heterocycles. The quantitative estimate of drug-likeness (QED) is 0.618. The molecule has 0 aliphatic carbocycles. The van der Waals surface area contributed by atoms with E-state index < -0.39 is 0 Å². The van der Waals surface area contributed by atoms with Crippen LogP contribution < -0.4 is 10.2 Å². The van der Waals surface area contributed by atoms with Gasteiger partial charge in [0.2, 0.25) is 11.8 Å². The lowest BCUT2D eigenvalue weighted by Gasteiger charge is -2.34. The molecule has 0 spiro atoms. The molecule has 0 unspecified atom stereocenters. The Morgan fingerprint density at radius 2 is 1.94 bits per heavy atom. The minimum absolute atomic E-state index is 0.0501. The van der Waals surface area contributed by atoms with Crippen molar-refractivity contribution in [2.45, 2.75) is 32.6 Å². The summed E-state index contributed by atoms with van der Waals surface area (Å²) in [5.41, 5.74) is 0.856. The standard InChI is InChI=1S/C22H24Cl2N4O3/c1-2-3-4-5-20(29)26-16-7-9-19(25-13-16)28-11-10-27(14-21(28)30)22(31)17-12-15(23)6-8-18(17)24/h6-9,12-13H,2-5,10-11,14H2,1H3,(H,26,29). The third-order valence-corrected chi connectivity index (χ3v) is 5.55. The first-order chi connectivity index (χ1) is 14.9. The fourth-order valence-electron chi connectivity index (χ4n) is 3.30. The summed E-state index contributed by atoms with van der Waals surface area (Å²) in [6.45, 7) is 2.65. The number of amides is 3. The first-order valence-electron chi connectivity index (χ1n) is 10.2. The van der Waals surface area contributed by atoms with E-state index in [1.807, 2.05) is 0 Å². The van der Waals surface area contributed by atoms with E-state index in [0.29, 0.717) is 41.1 Å². The average Bonchev–Trinajstić information content (AvgIpc) is 2.76. The highest BCUT2D eigenvalue weighted by atomic mass is 35.5. The number of aromatic nitrogens is 1. The van der Waals surface area contributed by atoms with E-state index in [4.69, 9.17) is 23.2 Å². The van der Waals surface area contributed by atoms with Gasteiger partial charge in [0.25, 0.3) is 5.91 Å². The van der Waals surface area contributed by atoms with Crippen LogP contribution in [0.4, 0.5) is 11.5 Å². The molecule has 1 aromatic heterocycles. The lowest BCUT2D eigenvalue weighted by molar-refractivity contribution is -0.120. The van der Waals surface area contributed by atoms with E-state index in [9.17, 15) is 14.4 Å². The molecule has 1 aromatic carbocycles. The SMILES string of the molecule is CCCCCC(=O)Nc1ccc(N2CCN(C(=O)c3cc(Cl)ccc3Cl)CC2=O)nc1. The van der Waals surface area contributed by atoms with Crippen molar-refractivity contribution >= 4 is 52.4 Å². The van der Waals surface area contributed by atoms with E-state index in [-0.39, 0.29) is 29.8 Å². The topological polar surface area (TPSA) is 82.6 Å².